The van der Waals surface area contributed by atoms with E-state index in [9.17, 15) is 9.59 Å². The van der Waals surface area contributed by atoms with Gasteiger partial charge in [0.1, 0.15) is 0 Å². The zero-order chi connectivity index (χ0) is 11.5. The molecule has 7 nitrogen and oxygen atoms in total. The van der Waals surface area contributed by atoms with E-state index in [1.165, 1.54) is 0 Å². The van der Waals surface area contributed by atoms with Gasteiger partial charge >= 0.3 is 11.7 Å². The van der Waals surface area contributed by atoms with Crippen LogP contribution in [0.25, 0.3) is 0 Å². The second kappa shape index (κ2) is 4.52. The highest BCUT2D eigenvalue weighted by molar-refractivity contribution is 7.75. The van der Waals surface area contributed by atoms with E-state index in [0.717, 1.165) is 19.3 Å². The Balaban J connectivity index is 2.34. The normalized spacial score (nSPS) is 14.1. The smallest absolute Gasteiger partial charge is 0.361 e. The van der Waals surface area contributed by atoms with Gasteiger partial charge in [0.05, 0.1) is 5.69 Å². The van der Waals surface area contributed by atoms with Gasteiger partial charge in [-0.1, -0.05) is 0 Å². The molecule has 86 valence electrons. The molecule has 0 bridgehead atoms. The summed E-state index contributed by atoms with van der Waals surface area (Å²) in [4.78, 5) is 27.5. The standard InChI is InChI=1S/C8H9N3O4S/c12-7-5-3-1-2-4-6(5)9-10-11(7)14-8(13)15-16/h16H,1-4H2. The van der Waals surface area contributed by atoms with Crippen molar-refractivity contribution in [3.05, 3.63) is 21.6 Å². The molecule has 0 unspecified atom stereocenters. The number of thiol groups is 1. The highest BCUT2D eigenvalue weighted by atomic mass is 32.1. The van der Waals surface area contributed by atoms with Gasteiger partial charge in [0.25, 0.3) is 0 Å². The van der Waals surface area contributed by atoms with E-state index >= 15 is 0 Å². The molecule has 0 aliphatic heterocycles. The van der Waals surface area contributed by atoms with Gasteiger partial charge in [-0.25, -0.2) is 4.79 Å². The molecule has 2 rings (SSSR count). The van der Waals surface area contributed by atoms with Crippen LogP contribution in [0.15, 0.2) is 4.79 Å². The maximum atomic E-state index is 11.8. The maximum Gasteiger partial charge on any atom is 0.547 e. The monoisotopic (exact) mass is 243 g/mol. The van der Waals surface area contributed by atoms with E-state index in [4.69, 9.17) is 0 Å². The van der Waals surface area contributed by atoms with Crippen molar-refractivity contribution in [2.75, 3.05) is 0 Å². The molecule has 0 aromatic carbocycles. The predicted molar refractivity (Wildman–Crippen MR) is 55.0 cm³/mol. The lowest BCUT2D eigenvalue weighted by atomic mass is 9.98. The van der Waals surface area contributed by atoms with E-state index in [1.807, 2.05) is 0 Å². The number of fused-ring (bicyclic) bond motifs is 1. The number of carbonyl (C=O) groups is 1. The molecule has 0 N–H and O–H groups in total. The van der Waals surface area contributed by atoms with Crippen molar-refractivity contribution in [2.45, 2.75) is 25.7 Å². The third-order valence-electron chi connectivity index (χ3n) is 2.35. The number of nitrogens with zero attached hydrogens (tertiary/aromatic N) is 3. The fourth-order valence-corrected chi connectivity index (χ4v) is 1.66. The van der Waals surface area contributed by atoms with E-state index in [2.05, 4.69) is 32.2 Å². The van der Waals surface area contributed by atoms with Gasteiger partial charge < -0.3 is 4.18 Å². The highest BCUT2D eigenvalue weighted by Crippen LogP contribution is 2.14. The Kier molecular flexibility index (Phi) is 3.09. The molecule has 16 heavy (non-hydrogen) atoms. The van der Waals surface area contributed by atoms with Crippen molar-refractivity contribution >= 4 is 19.1 Å². The van der Waals surface area contributed by atoms with E-state index in [1.54, 1.807) is 0 Å². The van der Waals surface area contributed by atoms with Crippen molar-refractivity contribution in [3.8, 4) is 0 Å². The Morgan fingerprint density at radius 2 is 2.12 bits per heavy atom. The van der Waals surface area contributed by atoms with Crippen molar-refractivity contribution < 1.29 is 13.8 Å². The lowest BCUT2D eigenvalue weighted by molar-refractivity contribution is 0.0701. The average Bonchev–Trinajstić information content (AvgIpc) is 2.33. The summed E-state index contributed by atoms with van der Waals surface area (Å²) < 4.78 is 3.96. The van der Waals surface area contributed by atoms with Crippen molar-refractivity contribution in [1.29, 1.82) is 0 Å². The first-order chi connectivity index (χ1) is 7.72. The van der Waals surface area contributed by atoms with Gasteiger partial charge in [0.2, 0.25) is 0 Å². The molecule has 0 saturated heterocycles. The van der Waals surface area contributed by atoms with Crippen LogP contribution in [-0.2, 0) is 17.0 Å². The number of hydrogen-bond donors (Lipinski definition) is 1. The predicted octanol–water partition coefficient (Wildman–Crippen LogP) is -0.0729. The Labute approximate surface area is 95.9 Å². The highest BCUT2D eigenvalue weighted by Gasteiger charge is 2.18. The van der Waals surface area contributed by atoms with Crippen LogP contribution in [0, 0.1) is 0 Å². The fraction of sp³-hybridized carbons (Fsp3) is 0.500. The molecule has 1 aromatic heterocycles. The molecule has 0 atom stereocenters. The minimum atomic E-state index is -1.13. The zero-order valence-electron chi connectivity index (χ0n) is 8.25. The number of rotatable bonds is 1. The SMILES string of the molecule is O=C(OS)On1nnc2c(c1=O)CCCC2. The van der Waals surface area contributed by atoms with Gasteiger partial charge in [-0.05, 0) is 35.7 Å². The molecule has 1 aliphatic rings. The van der Waals surface area contributed by atoms with Crippen LogP contribution in [0.1, 0.15) is 24.1 Å². The number of aryl methyl sites for hydroxylation is 1. The fourth-order valence-electron chi connectivity index (χ4n) is 1.63. The summed E-state index contributed by atoms with van der Waals surface area (Å²) >= 11 is 3.24. The Hall–Kier alpha value is -1.57. The molecule has 8 heteroatoms. The molecular weight excluding hydrogens is 234 g/mol. The molecular formula is C8H9N3O4S. The number of hydrogen-bond acceptors (Lipinski definition) is 7. The van der Waals surface area contributed by atoms with Gasteiger partial charge in [0.15, 0.2) is 0 Å². The summed E-state index contributed by atoms with van der Waals surface area (Å²) in [5.74, 6) is 0. The minimum Gasteiger partial charge on any atom is -0.361 e. The second-order valence-electron chi connectivity index (χ2n) is 3.33. The van der Waals surface area contributed by atoms with Crippen molar-refractivity contribution in [1.82, 2.24) is 15.2 Å². The summed E-state index contributed by atoms with van der Waals surface area (Å²) in [7, 11) is 0. The first-order valence-corrected chi connectivity index (χ1v) is 5.10. The molecule has 0 spiro atoms. The van der Waals surface area contributed by atoms with E-state index in [0.29, 0.717) is 22.5 Å². The Morgan fingerprint density at radius 1 is 1.38 bits per heavy atom. The number of aromatic nitrogens is 3. The molecule has 0 saturated carbocycles. The Bertz CT molecular complexity index is 473. The zero-order valence-corrected chi connectivity index (χ0v) is 9.14. The van der Waals surface area contributed by atoms with Crippen molar-refractivity contribution in [3.63, 3.8) is 0 Å². The van der Waals surface area contributed by atoms with Crippen LogP contribution in [-0.4, -0.2) is 21.3 Å². The first-order valence-electron chi connectivity index (χ1n) is 4.74. The van der Waals surface area contributed by atoms with Crippen LogP contribution in [0.3, 0.4) is 0 Å². The molecule has 1 aliphatic carbocycles. The molecule has 1 heterocycles. The van der Waals surface area contributed by atoms with Crippen LogP contribution in [0.4, 0.5) is 4.79 Å². The summed E-state index contributed by atoms with van der Waals surface area (Å²) in [6.45, 7) is 0. The lowest BCUT2D eigenvalue weighted by Gasteiger charge is -2.13. The summed E-state index contributed by atoms with van der Waals surface area (Å²) in [5, 5.41) is 7.30. The van der Waals surface area contributed by atoms with Crippen LogP contribution in [0.2, 0.25) is 0 Å². The first kappa shape index (κ1) is 10.9. The average molecular weight is 243 g/mol. The number of carbonyl (C=O) groups excluding carboxylic acids is 1. The second-order valence-corrected chi connectivity index (χ2v) is 3.52. The van der Waals surface area contributed by atoms with Crippen LogP contribution >= 0.6 is 12.9 Å². The molecule has 0 radical (unpaired) electrons. The summed E-state index contributed by atoms with van der Waals surface area (Å²) in [6.07, 6.45) is 2.14. The van der Waals surface area contributed by atoms with Gasteiger partial charge in [-0.15, -0.1) is 5.10 Å². The van der Waals surface area contributed by atoms with Crippen LogP contribution < -0.4 is 10.4 Å². The van der Waals surface area contributed by atoms with E-state index < -0.39 is 11.7 Å². The molecule has 0 amide bonds. The maximum absolute atomic E-state index is 11.8. The quantitative estimate of drug-likeness (QED) is 0.422. The van der Waals surface area contributed by atoms with Gasteiger partial charge in [-0.2, -0.15) is 0 Å². The van der Waals surface area contributed by atoms with Crippen LogP contribution in [0.5, 0.6) is 0 Å². The largest absolute Gasteiger partial charge is 0.547 e. The molecule has 0 fully saturated rings. The Morgan fingerprint density at radius 3 is 2.88 bits per heavy atom. The van der Waals surface area contributed by atoms with E-state index in [-0.39, 0.29) is 0 Å². The summed E-state index contributed by atoms with van der Waals surface area (Å²) in [6, 6.07) is 0. The molecule has 1 aromatic rings. The third kappa shape index (κ3) is 2.01. The summed E-state index contributed by atoms with van der Waals surface area (Å²) in [5.41, 5.74) is 0.756. The minimum absolute atomic E-state index is 0.469. The third-order valence-corrected chi connectivity index (χ3v) is 2.50. The lowest BCUT2D eigenvalue weighted by Crippen LogP contribution is -2.37. The topological polar surface area (TPSA) is 83.3 Å². The van der Waals surface area contributed by atoms with Gasteiger partial charge in [-0.3, -0.25) is 9.63 Å². The van der Waals surface area contributed by atoms with Crippen molar-refractivity contribution in [2.24, 2.45) is 0 Å². The van der Waals surface area contributed by atoms with Gasteiger partial charge in [0, 0.05) is 18.5 Å².